The van der Waals surface area contributed by atoms with Crippen molar-refractivity contribution in [2.45, 2.75) is 39.2 Å². The van der Waals surface area contributed by atoms with E-state index in [1.807, 2.05) is 0 Å². The molecule has 0 saturated heterocycles. The molecule has 1 unspecified atom stereocenters. The van der Waals surface area contributed by atoms with Crippen molar-refractivity contribution >= 4 is 17.6 Å². The number of aromatic nitrogens is 1. The summed E-state index contributed by atoms with van der Waals surface area (Å²) in [5.41, 5.74) is 5.76. The van der Waals surface area contributed by atoms with Crippen molar-refractivity contribution in [2.24, 2.45) is 10.7 Å². The Morgan fingerprint density at radius 1 is 1.41 bits per heavy atom. The van der Waals surface area contributed by atoms with Gasteiger partial charge >= 0.3 is 0 Å². The lowest BCUT2D eigenvalue weighted by Crippen LogP contribution is -2.47. The van der Waals surface area contributed by atoms with Crippen molar-refractivity contribution in [1.82, 2.24) is 9.88 Å². The number of hydrogen-bond acceptors (Lipinski definition) is 6. The van der Waals surface area contributed by atoms with Crippen molar-refractivity contribution in [3.05, 3.63) is 52.5 Å². The van der Waals surface area contributed by atoms with E-state index in [2.05, 4.69) is 9.98 Å². The van der Waals surface area contributed by atoms with Crippen molar-refractivity contribution < 1.29 is 18.4 Å². The molecule has 1 amide bonds. The summed E-state index contributed by atoms with van der Waals surface area (Å²) in [7, 11) is 1.52. The molecule has 0 fully saturated rings. The molecule has 7 nitrogen and oxygen atoms in total. The minimum Gasteiger partial charge on any atom is -0.446 e. The van der Waals surface area contributed by atoms with Crippen LogP contribution in [0.25, 0.3) is 0 Å². The predicted molar refractivity (Wildman–Crippen MR) is 96.8 cm³/mol. The highest BCUT2D eigenvalue weighted by atomic mass is 19.1. The normalized spacial score (nSPS) is 20.0. The molecule has 0 radical (unpaired) electrons. The molecule has 1 aromatic heterocycles. The summed E-state index contributed by atoms with van der Waals surface area (Å²) in [4.78, 5) is 34.3. The van der Waals surface area contributed by atoms with Gasteiger partial charge in [0.05, 0.1) is 12.0 Å². The average molecular weight is 372 g/mol. The fourth-order valence-corrected chi connectivity index (χ4v) is 3.22. The second kappa shape index (κ2) is 6.61. The van der Waals surface area contributed by atoms with Crippen molar-refractivity contribution in [1.29, 1.82) is 0 Å². The molecule has 2 heterocycles. The Kier molecular flexibility index (Phi) is 4.59. The maximum absolute atomic E-state index is 14.5. The zero-order valence-corrected chi connectivity index (χ0v) is 15.7. The van der Waals surface area contributed by atoms with Gasteiger partial charge in [0.1, 0.15) is 17.3 Å². The second-order valence-corrected chi connectivity index (χ2v) is 6.93. The summed E-state index contributed by atoms with van der Waals surface area (Å²) < 4.78 is 19.8. The third kappa shape index (κ3) is 3.47. The number of nitrogens with two attached hydrogens (primary N) is 1. The quantitative estimate of drug-likeness (QED) is 0.830. The molecule has 3 rings (SSSR count). The number of ketones is 1. The molecule has 142 valence electrons. The summed E-state index contributed by atoms with van der Waals surface area (Å²) in [6.45, 7) is 4.99. The summed E-state index contributed by atoms with van der Waals surface area (Å²) in [6, 6.07) is 4.37. The molecule has 27 heavy (non-hydrogen) atoms. The lowest BCUT2D eigenvalue weighted by atomic mass is 9.85. The zero-order chi connectivity index (χ0) is 19.9. The first-order valence-electron chi connectivity index (χ1n) is 8.49. The Morgan fingerprint density at radius 2 is 2.11 bits per heavy atom. The third-order valence-electron chi connectivity index (χ3n) is 4.72. The molecule has 0 bridgehead atoms. The first-order chi connectivity index (χ1) is 12.6. The molecule has 1 atom stereocenters. The number of hydrogen-bond donors (Lipinski definition) is 1. The first kappa shape index (κ1) is 18.8. The second-order valence-electron chi connectivity index (χ2n) is 6.93. The van der Waals surface area contributed by atoms with Gasteiger partial charge in [0, 0.05) is 26.0 Å². The third-order valence-corrected chi connectivity index (χ3v) is 4.72. The molecule has 8 heteroatoms. The van der Waals surface area contributed by atoms with Gasteiger partial charge in [-0.3, -0.25) is 14.5 Å². The molecular weight excluding hydrogens is 351 g/mol. The summed E-state index contributed by atoms with van der Waals surface area (Å²) >= 11 is 0. The van der Waals surface area contributed by atoms with Crippen molar-refractivity contribution in [3.8, 4) is 0 Å². The molecular formula is C19H21FN4O3. The van der Waals surface area contributed by atoms with Gasteiger partial charge in [0.15, 0.2) is 17.6 Å². The Labute approximate surface area is 156 Å². The number of amides is 1. The standard InChI is InChI=1S/C19H21FN4O3/c1-10-17(22-11(2)27-10)15(25)8-12-5-6-14(20)13(7-12)19(3)9-16(26)24(4)18(21)23-19/h5-7H,8-9H2,1-4H3,(H2,21,23). The topological polar surface area (TPSA) is 102 Å². The smallest absolute Gasteiger partial charge is 0.231 e. The van der Waals surface area contributed by atoms with Gasteiger partial charge in [0.25, 0.3) is 0 Å². The van der Waals surface area contributed by atoms with Crippen LogP contribution in [0.4, 0.5) is 4.39 Å². The maximum atomic E-state index is 14.5. The van der Waals surface area contributed by atoms with Crippen LogP contribution in [0.5, 0.6) is 0 Å². The fourth-order valence-electron chi connectivity index (χ4n) is 3.22. The maximum Gasteiger partial charge on any atom is 0.231 e. The molecule has 1 aliphatic rings. The van der Waals surface area contributed by atoms with E-state index in [1.54, 1.807) is 26.8 Å². The van der Waals surface area contributed by atoms with Crippen LogP contribution in [0.1, 0.15) is 46.6 Å². The highest BCUT2D eigenvalue weighted by Crippen LogP contribution is 2.35. The Bertz CT molecular complexity index is 966. The van der Waals surface area contributed by atoms with Gasteiger partial charge in [-0.2, -0.15) is 0 Å². The molecule has 0 spiro atoms. The lowest BCUT2D eigenvalue weighted by Gasteiger charge is -2.34. The molecule has 1 aromatic carbocycles. The van der Waals surface area contributed by atoms with E-state index >= 15 is 0 Å². The van der Waals surface area contributed by atoms with Gasteiger partial charge in [-0.1, -0.05) is 6.07 Å². The number of carbonyl (C=O) groups is 2. The molecule has 1 aliphatic heterocycles. The number of guanidine groups is 1. The number of Topliss-reactive ketones (excluding diaryl/α,β-unsaturated/α-hetero) is 1. The van der Waals surface area contributed by atoms with Crippen LogP contribution in [0.3, 0.4) is 0 Å². The molecule has 0 saturated carbocycles. The number of carbonyl (C=O) groups excluding carboxylic acids is 2. The Morgan fingerprint density at radius 3 is 2.70 bits per heavy atom. The van der Waals surface area contributed by atoms with Crippen LogP contribution < -0.4 is 5.73 Å². The van der Waals surface area contributed by atoms with Crippen LogP contribution in [-0.2, 0) is 16.8 Å². The lowest BCUT2D eigenvalue weighted by molar-refractivity contribution is -0.128. The van der Waals surface area contributed by atoms with Crippen LogP contribution in [0.2, 0.25) is 0 Å². The molecule has 0 aliphatic carbocycles. The Balaban J connectivity index is 1.94. The number of aryl methyl sites for hydroxylation is 2. The molecule has 2 aromatic rings. The van der Waals surface area contributed by atoms with Crippen LogP contribution in [0.15, 0.2) is 27.6 Å². The van der Waals surface area contributed by atoms with Crippen molar-refractivity contribution in [3.63, 3.8) is 0 Å². The van der Waals surface area contributed by atoms with E-state index < -0.39 is 11.4 Å². The Hall–Kier alpha value is -3.03. The van der Waals surface area contributed by atoms with E-state index in [9.17, 15) is 14.0 Å². The number of nitrogens with zero attached hydrogens (tertiary/aromatic N) is 3. The van der Waals surface area contributed by atoms with E-state index in [0.29, 0.717) is 17.2 Å². The highest BCUT2D eigenvalue weighted by Gasteiger charge is 2.38. The van der Waals surface area contributed by atoms with Gasteiger partial charge in [-0.05, 0) is 31.5 Å². The molecule has 2 N–H and O–H groups in total. The minimum absolute atomic E-state index is 0.0138. The van der Waals surface area contributed by atoms with Gasteiger partial charge < -0.3 is 10.2 Å². The largest absolute Gasteiger partial charge is 0.446 e. The van der Waals surface area contributed by atoms with Crippen molar-refractivity contribution in [2.75, 3.05) is 7.05 Å². The van der Waals surface area contributed by atoms with Crippen LogP contribution in [-0.4, -0.2) is 34.6 Å². The van der Waals surface area contributed by atoms with E-state index in [0.717, 1.165) is 0 Å². The summed E-state index contributed by atoms with van der Waals surface area (Å²) in [5.74, 6) is -0.0867. The predicted octanol–water partition coefficient (Wildman–Crippen LogP) is 2.25. The van der Waals surface area contributed by atoms with Crippen LogP contribution >= 0.6 is 0 Å². The number of aliphatic imine (C=N–C) groups is 1. The number of halogens is 1. The summed E-state index contributed by atoms with van der Waals surface area (Å²) in [6.07, 6.45) is 0.0172. The van der Waals surface area contributed by atoms with E-state index in [4.69, 9.17) is 10.2 Å². The number of rotatable bonds is 4. The first-order valence-corrected chi connectivity index (χ1v) is 8.49. The average Bonchev–Trinajstić information content (AvgIpc) is 2.92. The van der Waals surface area contributed by atoms with Gasteiger partial charge in [-0.25, -0.2) is 14.4 Å². The van der Waals surface area contributed by atoms with Gasteiger partial charge in [-0.15, -0.1) is 0 Å². The zero-order valence-electron chi connectivity index (χ0n) is 15.7. The monoisotopic (exact) mass is 372 g/mol. The summed E-state index contributed by atoms with van der Waals surface area (Å²) in [5, 5.41) is 0. The fraction of sp³-hybridized carbons (Fsp3) is 0.368. The number of oxazole rings is 1. The highest BCUT2D eigenvalue weighted by molar-refractivity contribution is 5.99. The SMILES string of the molecule is Cc1nc(C(=O)Cc2ccc(F)c(C3(C)CC(=O)N(C)C(N)=N3)c2)c(C)o1. The minimum atomic E-state index is -1.13. The van der Waals surface area contributed by atoms with E-state index in [1.165, 1.54) is 24.1 Å². The van der Waals surface area contributed by atoms with E-state index in [-0.39, 0.29) is 41.7 Å². The number of benzene rings is 1. The van der Waals surface area contributed by atoms with Crippen LogP contribution in [0, 0.1) is 19.7 Å². The van der Waals surface area contributed by atoms with Gasteiger partial charge in [0.2, 0.25) is 5.91 Å².